The minimum atomic E-state index is 0.578. The SMILES string of the molecule is CC(C)CNC(=S)Nc1ccc2cc(Br)ccc2c1. The van der Waals surface area contributed by atoms with Crippen molar-refractivity contribution in [3.63, 3.8) is 0 Å². The quantitative estimate of drug-likeness (QED) is 0.804. The molecule has 0 amide bonds. The van der Waals surface area contributed by atoms with Gasteiger partial charge >= 0.3 is 0 Å². The number of nitrogens with one attached hydrogen (secondary N) is 2. The third-order valence-corrected chi connectivity index (χ3v) is 3.47. The lowest BCUT2D eigenvalue weighted by Gasteiger charge is -2.12. The van der Waals surface area contributed by atoms with E-state index in [1.165, 1.54) is 10.8 Å². The Labute approximate surface area is 127 Å². The Bertz CT molecular complexity index is 596. The summed E-state index contributed by atoms with van der Waals surface area (Å²) in [6.07, 6.45) is 0. The summed E-state index contributed by atoms with van der Waals surface area (Å²) in [6, 6.07) is 12.5. The Hall–Kier alpha value is -1.13. The molecule has 0 bridgehead atoms. The zero-order chi connectivity index (χ0) is 13.8. The predicted octanol–water partition coefficient (Wildman–Crippen LogP) is 4.54. The summed E-state index contributed by atoms with van der Waals surface area (Å²) < 4.78 is 1.09. The molecule has 0 aliphatic carbocycles. The van der Waals surface area contributed by atoms with Crippen LogP contribution in [-0.2, 0) is 0 Å². The minimum Gasteiger partial charge on any atom is -0.362 e. The number of fused-ring (bicyclic) bond motifs is 1. The average Bonchev–Trinajstić information content (AvgIpc) is 2.36. The molecule has 0 unspecified atom stereocenters. The highest BCUT2D eigenvalue weighted by Crippen LogP contribution is 2.22. The number of hydrogen-bond acceptors (Lipinski definition) is 1. The van der Waals surface area contributed by atoms with Crippen LogP contribution in [0.5, 0.6) is 0 Å². The van der Waals surface area contributed by atoms with Crippen molar-refractivity contribution in [2.45, 2.75) is 13.8 Å². The lowest BCUT2D eigenvalue weighted by atomic mass is 10.1. The Morgan fingerprint density at radius 3 is 2.58 bits per heavy atom. The van der Waals surface area contributed by atoms with Crippen LogP contribution < -0.4 is 10.6 Å². The number of hydrogen-bond donors (Lipinski definition) is 2. The van der Waals surface area contributed by atoms with E-state index in [2.05, 4.69) is 64.7 Å². The van der Waals surface area contributed by atoms with Crippen molar-refractivity contribution in [1.29, 1.82) is 0 Å². The van der Waals surface area contributed by atoms with E-state index in [4.69, 9.17) is 12.2 Å². The standard InChI is InChI=1S/C15H17BrN2S/c1-10(2)9-17-15(19)18-14-6-4-11-7-13(16)5-3-12(11)8-14/h3-8,10H,9H2,1-2H3,(H2,17,18,19). The molecule has 0 heterocycles. The second-order valence-electron chi connectivity index (χ2n) is 4.94. The van der Waals surface area contributed by atoms with Gasteiger partial charge in [-0.1, -0.05) is 41.9 Å². The zero-order valence-corrected chi connectivity index (χ0v) is 13.4. The normalized spacial score (nSPS) is 10.7. The third kappa shape index (κ3) is 4.18. The molecular formula is C15H17BrN2S. The molecule has 0 atom stereocenters. The minimum absolute atomic E-state index is 0.578. The maximum absolute atomic E-state index is 5.27. The van der Waals surface area contributed by atoms with E-state index >= 15 is 0 Å². The van der Waals surface area contributed by atoms with Crippen molar-refractivity contribution in [1.82, 2.24) is 5.32 Å². The van der Waals surface area contributed by atoms with Gasteiger partial charge < -0.3 is 10.6 Å². The second-order valence-corrected chi connectivity index (χ2v) is 6.26. The summed E-state index contributed by atoms with van der Waals surface area (Å²) in [6.45, 7) is 5.19. The van der Waals surface area contributed by atoms with Gasteiger partial charge in [-0.25, -0.2) is 0 Å². The maximum Gasteiger partial charge on any atom is 0.170 e. The van der Waals surface area contributed by atoms with Gasteiger partial charge in [-0.15, -0.1) is 0 Å². The Morgan fingerprint density at radius 1 is 1.16 bits per heavy atom. The van der Waals surface area contributed by atoms with Crippen LogP contribution in [0.2, 0.25) is 0 Å². The van der Waals surface area contributed by atoms with Crippen molar-refractivity contribution in [2.75, 3.05) is 11.9 Å². The smallest absolute Gasteiger partial charge is 0.170 e. The van der Waals surface area contributed by atoms with Crippen LogP contribution in [0.3, 0.4) is 0 Å². The molecular weight excluding hydrogens is 320 g/mol. The lowest BCUT2D eigenvalue weighted by Crippen LogP contribution is -2.31. The number of anilines is 1. The summed E-state index contributed by atoms with van der Waals surface area (Å²) in [5, 5.41) is 9.49. The van der Waals surface area contributed by atoms with Crippen LogP contribution in [0.1, 0.15) is 13.8 Å². The number of thiocarbonyl (C=S) groups is 1. The number of rotatable bonds is 3. The van der Waals surface area contributed by atoms with Crippen LogP contribution in [0.25, 0.3) is 10.8 Å². The molecule has 0 fully saturated rings. The highest BCUT2D eigenvalue weighted by molar-refractivity contribution is 9.10. The van der Waals surface area contributed by atoms with Crippen LogP contribution in [0.15, 0.2) is 40.9 Å². The molecule has 4 heteroatoms. The van der Waals surface area contributed by atoms with Gasteiger partial charge in [-0.05, 0) is 53.2 Å². The van der Waals surface area contributed by atoms with E-state index in [9.17, 15) is 0 Å². The fraction of sp³-hybridized carbons (Fsp3) is 0.267. The third-order valence-electron chi connectivity index (χ3n) is 2.73. The van der Waals surface area contributed by atoms with Crippen molar-refractivity contribution >= 4 is 49.7 Å². The molecule has 2 aromatic carbocycles. The fourth-order valence-electron chi connectivity index (χ4n) is 1.77. The van der Waals surface area contributed by atoms with Crippen LogP contribution >= 0.6 is 28.1 Å². The van der Waals surface area contributed by atoms with Gasteiger partial charge in [-0.3, -0.25) is 0 Å². The molecule has 19 heavy (non-hydrogen) atoms. The molecule has 0 aromatic heterocycles. The summed E-state index contributed by atoms with van der Waals surface area (Å²) >= 11 is 8.75. The largest absolute Gasteiger partial charge is 0.362 e. The molecule has 2 aromatic rings. The average molecular weight is 337 g/mol. The summed E-state index contributed by atoms with van der Waals surface area (Å²) in [4.78, 5) is 0. The van der Waals surface area contributed by atoms with E-state index < -0.39 is 0 Å². The molecule has 0 radical (unpaired) electrons. The monoisotopic (exact) mass is 336 g/mol. The molecule has 100 valence electrons. The summed E-state index contributed by atoms with van der Waals surface area (Å²) in [5.74, 6) is 0.578. The molecule has 2 N–H and O–H groups in total. The van der Waals surface area contributed by atoms with E-state index in [1.807, 2.05) is 12.1 Å². The lowest BCUT2D eigenvalue weighted by molar-refractivity contribution is 0.627. The van der Waals surface area contributed by atoms with Crippen LogP contribution in [0, 0.1) is 5.92 Å². The van der Waals surface area contributed by atoms with Crippen LogP contribution in [-0.4, -0.2) is 11.7 Å². The zero-order valence-electron chi connectivity index (χ0n) is 11.0. The molecule has 2 rings (SSSR count). The molecule has 0 aliphatic rings. The number of benzene rings is 2. The first-order valence-corrected chi connectivity index (χ1v) is 7.49. The predicted molar refractivity (Wildman–Crippen MR) is 90.7 cm³/mol. The van der Waals surface area contributed by atoms with E-state index in [-0.39, 0.29) is 0 Å². The maximum atomic E-state index is 5.27. The van der Waals surface area contributed by atoms with Crippen molar-refractivity contribution in [3.8, 4) is 0 Å². The molecule has 2 nitrogen and oxygen atoms in total. The fourth-order valence-corrected chi connectivity index (χ4v) is 2.35. The van der Waals surface area contributed by atoms with Crippen LogP contribution in [0.4, 0.5) is 5.69 Å². The Morgan fingerprint density at radius 2 is 1.84 bits per heavy atom. The Kier molecular flexibility index (Phi) is 4.77. The van der Waals surface area contributed by atoms with Crippen molar-refractivity contribution in [2.24, 2.45) is 5.92 Å². The first-order valence-electron chi connectivity index (χ1n) is 6.29. The van der Waals surface area contributed by atoms with Gasteiger partial charge in [0.25, 0.3) is 0 Å². The van der Waals surface area contributed by atoms with Gasteiger partial charge in [0.2, 0.25) is 0 Å². The summed E-state index contributed by atoms with van der Waals surface area (Å²) in [5.41, 5.74) is 1.01. The molecule has 0 saturated carbocycles. The van der Waals surface area contributed by atoms with E-state index in [0.29, 0.717) is 11.0 Å². The van der Waals surface area contributed by atoms with E-state index in [0.717, 1.165) is 16.7 Å². The molecule has 0 saturated heterocycles. The highest BCUT2D eigenvalue weighted by atomic mass is 79.9. The topological polar surface area (TPSA) is 24.1 Å². The molecule has 0 spiro atoms. The van der Waals surface area contributed by atoms with E-state index in [1.54, 1.807) is 0 Å². The first-order chi connectivity index (χ1) is 9.04. The second kappa shape index (κ2) is 6.35. The van der Waals surface area contributed by atoms with Gasteiger partial charge in [0.15, 0.2) is 5.11 Å². The summed E-state index contributed by atoms with van der Waals surface area (Å²) in [7, 11) is 0. The first kappa shape index (κ1) is 14.3. The number of halogens is 1. The highest BCUT2D eigenvalue weighted by Gasteiger charge is 2.01. The van der Waals surface area contributed by atoms with Crippen molar-refractivity contribution < 1.29 is 0 Å². The van der Waals surface area contributed by atoms with Crippen molar-refractivity contribution in [3.05, 3.63) is 40.9 Å². The molecule has 0 aliphatic heterocycles. The van der Waals surface area contributed by atoms with Gasteiger partial charge in [0.05, 0.1) is 0 Å². The van der Waals surface area contributed by atoms with Gasteiger partial charge in [0.1, 0.15) is 0 Å². The Balaban J connectivity index is 2.09. The van der Waals surface area contributed by atoms with Gasteiger partial charge in [0, 0.05) is 16.7 Å². The van der Waals surface area contributed by atoms with Gasteiger partial charge in [-0.2, -0.15) is 0 Å².